The second kappa shape index (κ2) is 8.73. The maximum absolute atomic E-state index is 12.4. The summed E-state index contributed by atoms with van der Waals surface area (Å²) in [5.74, 6) is 1.26. The Kier molecular flexibility index (Phi) is 6.39. The third-order valence-corrected chi connectivity index (χ3v) is 4.43. The summed E-state index contributed by atoms with van der Waals surface area (Å²) in [6.45, 7) is 7.26. The van der Waals surface area contributed by atoms with Gasteiger partial charge in [0.1, 0.15) is 0 Å². The summed E-state index contributed by atoms with van der Waals surface area (Å²) in [7, 11) is 0. The Balaban J connectivity index is 1.42. The molecule has 1 amide bonds. The van der Waals surface area contributed by atoms with Crippen molar-refractivity contribution in [2.45, 2.75) is 51.2 Å². The van der Waals surface area contributed by atoms with E-state index in [4.69, 9.17) is 18.6 Å². The van der Waals surface area contributed by atoms with Crippen LogP contribution in [0.5, 0.6) is 0 Å². The SMILES string of the molecule is CC(C)c1nnc([C@H]2CN(C(=O)CCOC[C@@H]3CCCO3)CCO2)o1. The van der Waals surface area contributed by atoms with Crippen LogP contribution in [0.15, 0.2) is 4.42 Å². The van der Waals surface area contributed by atoms with E-state index in [1.807, 2.05) is 13.8 Å². The first kappa shape index (κ1) is 18.3. The largest absolute Gasteiger partial charge is 0.422 e. The molecule has 2 aliphatic rings. The molecule has 2 fully saturated rings. The predicted molar refractivity (Wildman–Crippen MR) is 88.1 cm³/mol. The van der Waals surface area contributed by atoms with E-state index < -0.39 is 0 Å². The van der Waals surface area contributed by atoms with Crippen LogP contribution in [0.1, 0.15) is 56.9 Å². The van der Waals surface area contributed by atoms with Crippen molar-refractivity contribution < 1.29 is 23.4 Å². The van der Waals surface area contributed by atoms with Gasteiger partial charge in [-0.3, -0.25) is 4.79 Å². The van der Waals surface area contributed by atoms with E-state index in [-0.39, 0.29) is 24.0 Å². The smallest absolute Gasteiger partial charge is 0.247 e. The number of carbonyl (C=O) groups is 1. The van der Waals surface area contributed by atoms with Crippen molar-refractivity contribution in [3.63, 3.8) is 0 Å². The monoisotopic (exact) mass is 353 g/mol. The van der Waals surface area contributed by atoms with Gasteiger partial charge in [0.2, 0.25) is 17.7 Å². The predicted octanol–water partition coefficient (Wildman–Crippen LogP) is 1.68. The molecule has 0 aliphatic carbocycles. The third kappa shape index (κ3) is 4.99. The van der Waals surface area contributed by atoms with Gasteiger partial charge in [-0.2, -0.15) is 0 Å². The fourth-order valence-corrected chi connectivity index (χ4v) is 2.94. The summed E-state index contributed by atoms with van der Waals surface area (Å²) in [6, 6.07) is 0. The molecule has 1 aromatic rings. The van der Waals surface area contributed by atoms with E-state index in [0.29, 0.717) is 51.1 Å². The van der Waals surface area contributed by atoms with E-state index in [0.717, 1.165) is 19.4 Å². The Morgan fingerprint density at radius 3 is 2.92 bits per heavy atom. The molecule has 0 radical (unpaired) electrons. The fraction of sp³-hybridized carbons (Fsp3) is 0.824. The molecule has 0 aromatic carbocycles. The van der Waals surface area contributed by atoms with Crippen molar-refractivity contribution in [3.05, 3.63) is 11.8 Å². The molecule has 2 saturated heterocycles. The molecular formula is C17H27N3O5. The van der Waals surface area contributed by atoms with Crippen molar-refractivity contribution in [1.29, 1.82) is 0 Å². The Bertz CT molecular complexity index is 556. The number of aromatic nitrogens is 2. The summed E-state index contributed by atoms with van der Waals surface area (Å²) < 4.78 is 22.4. The second-order valence-corrected chi connectivity index (χ2v) is 6.79. The first-order valence-corrected chi connectivity index (χ1v) is 9.05. The highest BCUT2D eigenvalue weighted by Gasteiger charge is 2.29. The van der Waals surface area contributed by atoms with Crippen molar-refractivity contribution in [2.75, 3.05) is 39.5 Å². The molecule has 0 N–H and O–H groups in total. The van der Waals surface area contributed by atoms with Gasteiger partial charge >= 0.3 is 0 Å². The summed E-state index contributed by atoms with van der Waals surface area (Å²) in [5, 5.41) is 8.08. The number of nitrogens with zero attached hydrogens (tertiary/aromatic N) is 3. The van der Waals surface area contributed by atoms with Crippen LogP contribution in [0.3, 0.4) is 0 Å². The second-order valence-electron chi connectivity index (χ2n) is 6.79. The third-order valence-electron chi connectivity index (χ3n) is 4.43. The normalized spacial score (nSPS) is 24.2. The Labute approximate surface area is 147 Å². The highest BCUT2D eigenvalue weighted by molar-refractivity contribution is 5.76. The Morgan fingerprint density at radius 2 is 2.20 bits per heavy atom. The number of morpholine rings is 1. The van der Waals surface area contributed by atoms with E-state index in [9.17, 15) is 4.79 Å². The van der Waals surface area contributed by atoms with Crippen molar-refractivity contribution in [3.8, 4) is 0 Å². The van der Waals surface area contributed by atoms with Gasteiger partial charge in [-0.15, -0.1) is 10.2 Å². The molecule has 0 spiro atoms. The first-order valence-electron chi connectivity index (χ1n) is 9.05. The van der Waals surface area contributed by atoms with Gasteiger partial charge in [0.05, 0.1) is 38.9 Å². The summed E-state index contributed by atoms with van der Waals surface area (Å²) in [4.78, 5) is 14.2. The van der Waals surface area contributed by atoms with Crippen molar-refractivity contribution >= 4 is 5.91 Å². The van der Waals surface area contributed by atoms with Crippen molar-refractivity contribution in [1.82, 2.24) is 15.1 Å². The molecule has 0 unspecified atom stereocenters. The van der Waals surface area contributed by atoms with Crippen LogP contribution in [0.25, 0.3) is 0 Å². The van der Waals surface area contributed by atoms with Gasteiger partial charge in [0, 0.05) is 19.1 Å². The fourth-order valence-electron chi connectivity index (χ4n) is 2.94. The molecule has 8 heteroatoms. The van der Waals surface area contributed by atoms with Crippen molar-refractivity contribution in [2.24, 2.45) is 0 Å². The van der Waals surface area contributed by atoms with Crippen LogP contribution < -0.4 is 0 Å². The molecule has 0 saturated carbocycles. The lowest BCUT2D eigenvalue weighted by Gasteiger charge is -2.31. The number of rotatable bonds is 7. The lowest BCUT2D eigenvalue weighted by atomic mass is 10.2. The molecular weight excluding hydrogens is 326 g/mol. The Hall–Kier alpha value is -1.51. The minimum atomic E-state index is -0.356. The van der Waals surface area contributed by atoms with Gasteiger partial charge in [-0.05, 0) is 12.8 Å². The number of ether oxygens (including phenoxy) is 3. The average Bonchev–Trinajstić information content (AvgIpc) is 3.30. The summed E-state index contributed by atoms with van der Waals surface area (Å²) in [5.41, 5.74) is 0. The molecule has 25 heavy (non-hydrogen) atoms. The highest BCUT2D eigenvalue weighted by atomic mass is 16.5. The summed E-state index contributed by atoms with van der Waals surface area (Å²) >= 11 is 0. The maximum Gasteiger partial charge on any atom is 0.247 e. The summed E-state index contributed by atoms with van der Waals surface area (Å²) in [6.07, 6.45) is 2.33. The zero-order valence-electron chi connectivity index (χ0n) is 15.0. The molecule has 2 atom stereocenters. The lowest BCUT2D eigenvalue weighted by Crippen LogP contribution is -2.42. The van der Waals surface area contributed by atoms with Crippen LogP contribution in [0.2, 0.25) is 0 Å². The average molecular weight is 353 g/mol. The number of amides is 1. The minimum Gasteiger partial charge on any atom is -0.422 e. The molecule has 0 bridgehead atoms. The van der Waals surface area contributed by atoms with Crippen LogP contribution in [0, 0.1) is 0 Å². The minimum absolute atomic E-state index is 0.0595. The zero-order valence-corrected chi connectivity index (χ0v) is 15.0. The van der Waals surface area contributed by atoms with Crippen LogP contribution in [0.4, 0.5) is 0 Å². The Morgan fingerprint density at radius 1 is 1.32 bits per heavy atom. The highest BCUT2D eigenvalue weighted by Crippen LogP contribution is 2.23. The number of carbonyl (C=O) groups excluding carboxylic acids is 1. The van der Waals surface area contributed by atoms with Gasteiger partial charge in [0.25, 0.3) is 0 Å². The van der Waals surface area contributed by atoms with Gasteiger partial charge in [0.15, 0.2) is 6.10 Å². The van der Waals surface area contributed by atoms with Gasteiger partial charge < -0.3 is 23.5 Å². The van der Waals surface area contributed by atoms with E-state index in [1.165, 1.54) is 0 Å². The zero-order chi connectivity index (χ0) is 17.6. The molecule has 3 rings (SSSR count). The number of hydrogen-bond acceptors (Lipinski definition) is 7. The number of hydrogen-bond donors (Lipinski definition) is 0. The topological polar surface area (TPSA) is 86.9 Å². The van der Waals surface area contributed by atoms with Gasteiger partial charge in [-0.1, -0.05) is 13.8 Å². The van der Waals surface area contributed by atoms with Gasteiger partial charge in [-0.25, -0.2) is 0 Å². The van der Waals surface area contributed by atoms with Crippen LogP contribution >= 0.6 is 0 Å². The maximum atomic E-state index is 12.4. The standard InChI is InChI=1S/C17H27N3O5/c1-12(2)16-18-19-17(25-16)14-10-20(6-9-24-14)15(21)5-8-22-11-13-4-3-7-23-13/h12-14H,3-11H2,1-2H3/t13-,14+/m0/s1. The first-order chi connectivity index (χ1) is 12.1. The molecule has 140 valence electrons. The van der Waals surface area contributed by atoms with Crippen LogP contribution in [-0.2, 0) is 19.0 Å². The molecule has 1 aromatic heterocycles. The van der Waals surface area contributed by atoms with E-state index in [1.54, 1.807) is 4.90 Å². The van der Waals surface area contributed by atoms with E-state index in [2.05, 4.69) is 10.2 Å². The molecule has 8 nitrogen and oxygen atoms in total. The van der Waals surface area contributed by atoms with Crippen LogP contribution in [-0.4, -0.2) is 66.6 Å². The molecule has 3 heterocycles. The molecule has 2 aliphatic heterocycles. The van der Waals surface area contributed by atoms with E-state index >= 15 is 0 Å². The lowest BCUT2D eigenvalue weighted by molar-refractivity contribution is -0.141. The quantitative estimate of drug-likeness (QED) is 0.689.